The molecule has 0 fully saturated rings. The van der Waals surface area contributed by atoms with E-state index >= 15 is 0 Å². The second-order valence-corrected chi connectivity index (χ2v) is 4.90. The maximum atomic E-state index is 11.3. The van der Waals surface area contributed by atoms with E-state index in [1.165, 1.54) is 18.3 Å². The van der Waals surface area contributed by atoms with Crippen molar-refractivity contribution in [3.8, 4) is 0 Å². The average molecular weight is 264 g/mol. The van der Waals surface area contributed by atoms with Crippen molar-refractivity contribution in [2.75, 3.05) is 0 Å². The maximum absolute atomic E-state index is 11.3. The van der Waals surface area contributed by atoms with E-state index in [1.807, 2.05) is 18.2 Å². The van der Waals surface area contributed by atoms with E-state index < -0.39 is 5.91 Å². The first-order valence-electron chi connectivity index (χ1n) is 5.33. The Morgan fingerprint density at radius 2 is 2.17 bits per heavy atom. The normalized spacial score (nSPS) is 13.3. The third-order valence-electron chi connectivity index (χ3n) is 2.43. The molecule has 18 heavy (non-hydrogen) atoms. The molecule has 1 aromatic rings. The van der Waals surface area contributed by atoms with Crippen LogP contribution in [0.5, 0.6) is 0 Å². The fraction of sp³-hybridized carbons (Fsp3) is 0.167. The molecule has 6 heteroatoms. The molecule has 1 aromatic heterocycles. The molecule has 0 saturated heterocycles. The monoisotopic (exact) mass is 264 g/mol. The zero-order valence-corrected chi connectivity index (χ0v) is 10.5. The molecule has 94 valence electrons. The summed E-state index contributed by atoms with van der Waals surface area (Å²) in [5.41, 5.74) is 2.43. The van der Waals surface area contributed by atoms with Crippen molar-refractivity contribution < 1.29 is 14.8 Å². The number of hydrogen-bond acceptors (Lipinski definition) is 4. The van der Waals surface area contributed by atoms with E-state index in [0.29, 0.717) is 11.3 Å². The zero-order valence-electron chi connectivity index (χ0n) is 9.69. The number of carbonyl (C=O) groups excluding carboxylic acids is 2. The number of carbonyl (C=O) groups is 2. The SMILES string of the molecule is CC(=O)NC1=CC=c2sc(C(=O)NO)cc2=CC1. The highest BCUT2D eigenvalue weighted by atomic mass is 32.1. The van der Waals surface area contributed by atoms with Crippen molar-refractivity contribution in [2.45, 2.75) is 13.3 Å². The first-order valence-corrected chi connectivity index (χ1v) is 6.15. The summed E-state index contributed by atoms with van der Waals surface area (Å²) < 4.78 is 0.925. The molecular formula is C12H12N2O3S. The van der Waals surface area contributed by atoms with Crippen LogP contribution in [0.3, 0.4) is 0 Å². The molecular weight excluding hydrogens is 252 g/mol. The molecule has 0 bridgehead atoms. The van der Waals surface area contributed by atoms with E-state index in [4.69, 9.17) is 5.21 Å². The number of rotatable bonds is 2. The van der Waals surface area contributed by atoms with Gasteiger partial charge < -0.3 is 5.32 Å². The topological polar surface area (TPSA) is 78.4 Å². The molecule has 3 N–H and O–H groups in total. The van der Waals surface area contributed by atoms with Gasteiger partial charge in [-0.2, -0.15) is 0 Å². The molecule has 0 spiro atoms. The molecule has 0 radical (unpaired) electrons. The van der Waals surface area contributed by atoms with Gasteiger partial charge in [-0.15, -0.1) is 11.3 Å². The van der Waals surface area contributed by atoms with Gasteiger partial charge in [0, 0.05) is 23.6 Å². The predicted molar refractivity (Wildman–Crippen MR) is 68.3 cm³/mol. The lowest BCUT2D eigenvalue weighted by molar-refractivity contribution is -0.118. The number of hydroxylamine groups is 1. The second kappa shape index (κ2) is 5.16. The molecule has 0 unspecified atom stereocenters. The molecule has 1 aliphatic rings. The fourth-order valence-corrected chi connectivity index (χ4v) is 2.62. The molecule has 0 aromatic carbocycles. The number of fused-ring (bicyclic) bond motifs is 1. The summed E-state index contributed by atoms with van der Waals surface area (Å²) in [6.07, 6.45) is 6.20. The van der Waals surface area contributed by atoms with Crippen LogP contribution in [0, 0.1) is 0 Å². The highest BCUT2D eigenvalue weighted by Gasteiger charge is 2.08. The Bertz CT molecular complexity index is 643. The Labute approximate surface area is 107 Å². The summed E-state index contributed by atoms with van der Waals surface area (Å²) in [6.45, 7) is 1.46. The number of allylic oxidation sites excluding steroid dienone is 2. The van der Waals surface area contributed by atoms with Crippen LogP contribution in [0.4, 0.5) is 0 Å². The van der Waals surface area contributed by atoms with Crippen LogP contribution in [0.2, 0.25) is 0 Å². The van der Waals surface area contributed by atoms with Crippen molar-refractivity contribution >= 4 is 35.3 Å². The van der Waals surface area contributed by atoms with Crippen molar-refractivity contribution in [1.82, 2.24) is 10.8 Å². The minimum Gasteiger partial charge on any atom is -0.330 e. The largest absolute Gasteiger partial charge is 0.330 e. The minimum absolute atomic E-state index is 0.103. The van der Waals surface area contributed by atoms with E-state index in [-0.39, 0.29) is 5.91 Å². The van der Waals surface area contributed by atoms with Crippen molar-refractivity contribution in [1.29, 1.82) is 0 Å². The summed E-state index contributed by atoms with van der Waals surface area (Å²) in [4.78, 5) is 22.7. The van der Waals surface area contributed by atoms with Gasteiger partial charge in [-0.3, -0.25) is 14.8 Å². The molecule has 2 rings (SSSR count). The van der Waals surface area contributed by atoms with E-state index in [1.54, 1.807) is 11.5 Å². The van der Waals surface area contributed by atoms with E-state index in [0.717, 1.165) is 15.4 Å². The number of hydrogen-bond donors (Lipinski definition) is 3. The summed E-state index contributed by atoms with van der Waals surface area (Å²) >= 11 is 1.29. The van der Waals surface area contributed by atoms with Gasteiger partial charge in [0.25, 0.3) is 5.91 Å². The van der Waals surface area contributed by atoms with Gasteiger partial charge in [0.1, 0.15) is 0 Å². The van der Waals surface area contributed by atoms with Gasteiger partial charge in [-0.25, -0.2) is 5.48 Å². The predicted octanol–water partition coefficient (Wildman–Crippen LogP) is -0.148. The van der Waals surface area contributed by atoms with Crippen LogP contribution in [0.1, 0.15) is 23.0 Å². The van der Waals surface area contributed by atoms with E-state index in [9.17, 15) is 9.59 Å². The second-order valence-electron chi connectivity index (χ2n) is 3.82. The third-order valence-corrected chi connectivity index (χ3v) is 3.55. The Morgan fingerprint density at radius 3 is 2.83 bits per heavy atom. The summed E-state index contributed by atoms with van der Waals surface area (Å²) in [6, 6.07) is 1.71. The van der Waals surface area contributed by atoms with Crippen LogP contribution in [-0.2, 0) is 4.79 Å². The van der Waals surface area contributed by atoms with Crippen molar-refractivity contribution in [2.24, 2.45) is 0 Å². The zero-order chi connectivity index (χ0) is 13.1. The molecule has 0 atom stereocenters. The van der Waals surface area contributed by atoms with Crippen LogP contribution in [0.25, 0.3) is 12.2 Å². The maximum Gasteiger partial charge on any atom is 0.284 e. The average Bonchev–Trinajstić information content (AvgIpc) is 2.66. The van der Waals surface area contributed by atoms with Gasteiger partial charge >= 0.3 is 0 Å². The van der Waals surface area contributed by atoms with Crippen LogP contribution < -0.4 is 20.5 Å². The lowest BCUT2D eigenvalue weighted by Crippen LogP contribution is -2.19. The van der Waals surface area contributed by atoms with Gasteiger partial charge in [0.2, 0.25) is 5.91 Å². The third kappa shape index (κ3) is 2.66. The van der Waals surface area contributed by atoms with Gasteiger partial charge in [0.15, 0.2) is 0 Å². The number of nitrogens with one attached hydrogen (secondary N) is 2. The standard InChI is InChI=1S/C12H12N2O3S/c1-7(15)13-9-3-2-8-6-11(12(16)14-17)18-10(8)5-4-9/h2,4-6,17H,3H2,1H3,(H,13,15)(H,14,16). The van der Waals surface area contributed by atoms with Gasteiger partial charge in [-0.1, -0.05) is 6.08 Å². The Kier molecular flexibility index (Phi) is 3.59. The highest BCUT2D eigenvalue weighted by Crippen LogP contribution is 2.05. The van der Waals surface area contributed by atoms with E-state index in [2.05, 4.69) is 5.32 Å². The molecule has 0 aliphatic heterocycles. The van der Waals surface area contributed by atoms with Gasteiger partial charge in [-0.05, 0) is 23.4 Å². The van der Waals surface area contributed by atoms with Crippen molar-refractivity contribution in [3.05, 3.63) is 32.5 Å². The molecule has 0 saturated carbocycles. The lowest BCUT2D eigenvalue weighted by atomic mass is 10.2. The first-order chi connectivity index (χ1) is 8.60. The molecule has 1 aliphatic carbocycles. The fourth-order valence-electron chi connectivity index (χ4n) is 1.66. The highest BCUT2D eigenvalue weighted by molar-refractivity contribution is 7.12. The molecule has 5 nitrogen and oxygen atoms in total. The Balaban J connectivity index is 2.36. The number of thiophene rings is 1. The summed E-state index contributed by atoms with van der Waals surface area (Å²) in [5, 5.41) is 12.2. The smallest absolute Gasteiger partial charge is 0.284 e. The Hall–Kier alpha value is -1.92. The minimum atomic E-state index is -0.513. The Morgan fingerprint density at radius 1 is 1.39 bits per heavy atom. The van der Waals surface area contributed by atoms with Gasteiger partial charge in [0.05, 0.1) is 4.88 Å². The number of amides is 2. The quantitative estimate of drug-likeness (QED) is 0.513. The summed E-state index contributed by atoms with van der Waals surface area (Å²) in [5.74, 6) is -0.616. The van der Waals surface area contributed by atoms with Crippen LogP contribution in [-0.4, -0.2) is 17.0 Å². The van der Waals surface area contributed by atoms with Crippen LogP contribution in [0.15, 0.2) is 17.8 Å². The summed E-state index contributed by atoms with van der Waals surface area (Å²) in [7, 11) is 0. The van der Waals surface area contributed by atoms with Crippen molar-refractivity contribution in [3.63, 3.8) is 0 Å². The lowest BCUT2D eigenvalue weighted by Gasteiger charge is -2.02. The van der Waals surface area contributed by atoms with Crippen LogP contribution >= 0.6 is 11.3 Å². The molecule has 2 amide bonds. The first kappa shape index (κ1) is 12.5. The molecule has 1 heterocycles.